The summed E-state index contributed by atoms with van der Waals surface area (Å²) in [5, 5.41) is 13.7. The van der Waals surface area contributed by atoms with Crippen molar-refractivity contribution in [3.63, 3.8) is 0 Å². The maximum Gasteiger partial charge on any atom is 0.363 e. The molecule has 6 heteroatoms. The number of aromatic nitrogens is 1. The zero-order chi connectivity index (χ0) is 12.8. The van der Waals surface area contributed by atoms with E-state index in [-0.39, 0.29) is 11.9 Å². The molecular weight excluding hydrogens is 222 g/mol. The molecule has 1 rings (SSSR count). The molecule has 0 fully saturated rings. The Balaban J connectivity index is 2.69. The quantitative estimate of drug-likeness (QED) is 0.607. The summed E-state index contributed by atoms with van der Waals surface area (Å²) in [5.41, 5.74) is 0.756. The van der Waals surface area contributed by atoms with Crippen LogP contribution in [0.3, 0.4) is 0 Å². The van der Waals surface area contributed by atoms with Gasteiger partial charge in [0.25, 0.3) is 0 Å². The first-order chi connectivity index (χ1) is 8.04. The van der Waals surface area contributed by atoms with Gasteiger partial charge in [-0.1, -0.05) is 13.8 Å². The van der Waals surface area contributed by atoms with Gasteiger partial charge in [0.05, 0.1) is 18.3 Å². The highest BCUT2D eigenvalue weighted by Gasteiger charge is 2.14. The van der Waals surface area contributed by atoms with Gasteiger partial charge in [-0.05, 0) is 21.9 Å². The molecule has 1 heterocycles. The van der Waals surface area contributed by atoms with Gasteiger partial charge in [0, 0.05) is 13.2 Å². The fourth-order valence-corrected chi connectivity index (χ4v) is 1.37. The molecule has 0 saturated carbocycles. The van der Waals surface area contributed by atoms with Crippen LogP contribution >= 0.6 is 0 Å². The van der Waals surface area contributed by atoms with Gasteiger partial charge in [-0.25, -0.2) is 0 Å². The maximum absolute atomic E-state index is 10.4. The Morgan fingerprint density at radius 2 is 2.24 bits per heavy atom. The number of methoxy groups -OCH3 is 1. The van der Waals surface area contributed by atoms with E-state index in [1.54, 1.807) is 13.2 Å². The van der Waals surface area contributed by atoms with Crippen molar-refractivity contribution in [2.24, 2.45) is 5.92 Å². The highest BCUT2D eigenvalue weighted by molar-refractivity contribution is 5.44. The first-order valence-corrected chi connectivity index (χ1v) is 5.40. The van der Waals surface area contributed by atoms with Crippen LogP contribution < -0.4 is 5.32 Å². The summed E-state index contributed by atoms with van der Waals surface area (Å²) in [4.78, 5) is 13.7. The van der Waals surface area contributed by atoms with Gasteiger partial charge in [-0.3, -0.25) is 0 Å². The van der Waals surface area contributed by atoms with Crippen molar-refractivity contribution in [1.29, 1.82) is 0 Å². The first-order valence-electron chi connectivity index (χ1n) is 5.40. The molecule has 17 heavy (non-hydrogen) atoms. The van der Waals surface area contributed by atoms with E-state index in [0.29, 0.717) is 12.5 Å². The number of anilines is 1. The second-order valence-electron chi connectivity index (χ2n) is 4.11. The SMILES string of the molecule is COCC(Nc1ccc([N+](=O)[O-])nc1)C(C)C. The molecule has 1 unspecified atom stereocenters. The van der Waals surface area contributed by atoms with Crippen molar-refractivity contribution in [3.05, 3.63) is 28.4 Å². The predicted molar refractivity (Wildman–Crippen MR) is 65.0 cm³/mol. The summed E-state index contributed by atoms with van der Waals surface area (Å²) in [5.74, 6) is 0.244. The third-order valence-corrected chi connectivity index (χ3v) is 2.44. The normalized spacial score (nSPS) is 12.5. The lowest BCUT2D eigenvalue weighted by Gasteiger charge is -2.21. The Kier molecular flexibility index (Phi) is 4.84. The second kappa shape index (κ2) is 6.15. The number of nitrogens with zero attached hydrogens (tertiary/aromatic N) is 2. The number of pyridine rings is 1. The van der Waals surface area contributed by atoms with Crippen molar-refractivity contribution in [1.82, 2.24) is 4.98 Å². The fourth-order valence-electron chi connectivity index (χ4n) is 1.37. The predicted octanol–water partition coefficient (Wildman–Crippen LogP) is 2.07. The monoisotopic (exact) mass is 239 g/mol. The summed E-state index contributed by atoms with van der Waals surface area (Å²) in [6, 6.07) is 3.19. The van der Waals surface area contributed by atoms with Crippen molar-refractivity contribution in [3.8, 4) is 0 Å². The van der Waals surface area contributed by atoms with Crippen molar-refractivity contribution < 1.29 is 9.66 Å². The molecule has 0 saturated heterocycles. The highest BCUT2D eigenvalue weighted by Crippen LogP contribution is 2.15. The fraction of sp³-hybridized carbons (Fsp3) is 0.545. The minimum absolute atomic E-state index is 0.150. The molecule has 1 aromatic heterocycles. The van der Waals surface area contributed by atoms with Crippen molar-refractivity contribution in [2.75, 3.05) is 19.0 Å². The third-order valence-electron chi connectivity index (χ3n) is 2.44. The van der Waals surface area contributed by atoms with E-state index in [9.17, 15) is 10.1 Å². The van der Waals surface area contributed by atoms with Crippen molar-refractivity contribution >= 4 is 11.5 Å². The number of ether oxygens (including phenoxy) is 1. The van der Waals surface area contributed by atoms with Gasteiger partial charge in [0.2, 0.25) is 0 Å². The lowest BCUT2D eigenvalue weighted by atomic mass is 10.1. The number of nitro groups is 1. The molecular formula is C11H17N3O3. The van der Waals surface area contributed by atoms with E-state index in [1.165, 1.54) is 12.3 Å². The first kappa shape index (κ1) is 13.4. The van der Waals surface area contributed by atoms with E-state index >= 15 is 0 Å². The van der Waals surface area contributed by atoms with Crippen molar-refractivity contribution in [2.45, 2.75) is 19.9 Å². The zero-order valence-corrected chi connectivity index (χ0v) is 10.2. The number of hydrogen-bond donors (Lipinski definition) is 1. The van der Waals surface area contributed by atoms with Crippen LogP contribution in [-0.4, -0.2) is 29.7 Å². The molecule has 1 aromatic rings. The Labute approximate surface area is 100 Å². The molecule has 1 N–H and O–H groups in total. The van der Waals surface area contributed by atoms with E-state index in [0.717, 1.165) is 5.69 Å². The summed E-state index contributed by atoms with van der Waals surface area (Å²) < 4.78 is 5.11. The van der Waals surface area contributed by atoms with Crippen LogP contribution in [-0.2, 0) is 4.74 Å². The standard InChI is InChI=1S/C11H17N3O3/c1-8(2)10(7-17-3)13-9-4-5-11(12-6-9)14(15)16/h4-6,8,10,13H,7H2,1-3H3. The van der Waals surface area contributed by atoms with Gasteiger partial charge in [-0.15, -0.1) is 0 Å². The number of rotatable bonds is 6. The average molecular weight is 239 g/mol. The van der Waals surface area contributed by atoms with Gasteiger partial charge in [0.1, 0.15) is 0 Å². The van der Waals surface area contributed by atoms with Gasteiger partial charge < -0.3 is 20.2 Å². The van der Waals surface area contributed by atoms with Crippen LogP contribution in [0.4, 0.5) is 11.5 Å². The van der Waals surface area contributed by atoms with Crippen LogP contribution in [0.25, 0.3) is 0 Å². The Hall–Kier alpha value is -1.69. The van der Waals surface area contributed by atoms with Crippen LogP contribution in [0, 0.1) is 16.0 Å². The topological polar surface area (TPSA) is 77.3 Å². The van der Waals surface area contributed by atoms with E-state index in [2.05, 4.69) is 24.1 Å². The molecule has 0 aliphatic carbocycles. The van der Waals surface area contributed by atoms with Gasteiger partial charge in [0.15, 0.2) is 6.20 Å². The average Bonchev–Trinajstić information content (AvgIpc) is 2.29. The molecule has 0 bridgehead atoms. The molecule has 6 nitrogen and oxygen atoms in total. The molecule has 0 aliphatic heterocycles. The molecule has 94 valence electrons. The molecule has 0 aliphatic rings. The zero-order valence-electron chi connectivity index (χ0n) is 10.2. The van der Waals surface area contributed by atoms with Crippen LogP contribution in [0.5, 0.6) is 0 Å². The Morgan fingerprint density at radius 1 is 1.53 bits per heavy atom. The lowest BCUT2D eigenvalue weighted by molar-refractivity contribution is -0.389. The minimum atomic E-state index is -0.515. The summed E-state index contributed by atoms with van der Waals surface area (Å²) >= 11 is 0. The highest BCUT2D eigenvalue weighted by atomic mass is 16.6. The molecule has 0 amide bonds. The molecule has 0 aromatic carbocycles. The molecule has 0 radical (unpaired) electrons. The number of hydrogen-bond acceptors (Lipinski definition) is 5. The lowest BCUT2D eigenvalue weighted by Crippen LogP contribution is -2.30. The molecule has 1 atom stereocenters. The van der Waals surface area contributed by atoms with Crippen LogP contribution in [0.15, 0.2) is 18.3 Å². The molecule has 0 spiro atoms. The van der Waals surface area contributed by atoms with Crippen LogP contribution in [0.1, 0.15) is 13.8 Å². The van der Waals surface area contributed by atoms with Gasteiger partial charge >= 0.3 is 5.82 Å². The largest absolute Gasteiger partial charge is 0.383 e. The minimum Gasteiger partial charge on any atom is -0.383 e. The van der Waals surface area contributed by atoms with E-state index in [1.807, 2.05) is 0 Å². The Morgan fingerprint density at radius 3 is 2.65 bits per heavy atom. The van der Waals surface area contributed by atoms with Crippen LogP contribution in [0.2, 0.25) is 0 Å². The summed E-state index contributed by atoms with van der Waals surface area (Å²) in [6.45, 7) is 4.74. The smallest absolute Gasteiger partial charge is 0.363 e. The Bertz CT molecular complexity index is 365. The van der Waals surface area contributed by atoms with E-state index in [4.69, 9.17) is 4.74 Å². The van der Waals surface area contributed by atoms with Gasteiger partial charge in [-0.2, -0.15) is 0 Å². The summed E-state index contributed by atoms with van der Waals surface area (Å²) in [6.07, 6.45) is 1.46. The number of nitrogens with one attached hydrogen (secondary N) is 1. The maximum atomic E-state index is 10.4. The van der Waals surface area contributed by atoms with E-state index < -0.39 is 4.92 Å². The second-order valence-corrected chi connectivity index (χ2v) is 4.11. The third kappa shape index (κ3) is 3.99. The summed E-state index contributed by atoms with van der Waals surface area (Å²) in [7, 11) is 1.64.